The Kier molecular flexibility index (Phi) is 4.61. The first-order valence-electron chi connectivity index (χ1n) is 8.25. The van der Waals surface area contributed by atoms with Gasteiger partial charge in [0, 0.05) is 30.8 Å². The number of aromatic amines is 1. The molecule has 0 aliphatic carbocycles. The molecule has 1 aliphatic rings. The van der Waals surface area contributed by atoms with E-state index in [-0.39, 0.29) is 0 Å². The molecule has 0 spiro atoms. The Balaban J connectivity index is 1.56. The summed E-state index contributed by atoms with van der Waals surface area (Å²) in [5, 5.41) is 4.97. The van der Waals surface area contributed by atoms with Gasteiger partial charge in [-0.25, -0.2) is 0 Å². The van der Waals surface area contributed by atoms with Crippen molar-refractivity contribution in [1.29, 1.82) is 0 Å². The maximum absolute atomic E-state index is 3.67. The summed E-state index contributed by atoms with van der Waals surface area (Å²) in [6, 6.07) is 9.47. The second-order valence-corrected chi connectivity index (χ2v) is 6.58. The van der Waals surface area contributed by atoms with Crippen LogP contribution >= 0.6 is 0 Å². The van der Waals surface area contributed by atoms with E-state index in [1.165, 1.54) is 42.4 Å². The molecule has 3 nitrogen and oxygen atoms in total. The van der Waals surface area contributed by atoms with E-state index in [0.29, 0.717) is 12.0 Å². The normalized spacial score (nSPS) is 17.9. The summed E-state index contributed by atoms with van der Waals surface area (Å²) in [4.78, 5) is 5.91. The van der Waals surface area contributed by atoms with Crippen LogP contribution in [0, 0.1) is 5.92 Å². The number of hydrogen-bond donors (Lipinski definition) is 2. The molecule has 0 radical (unpaired) electrons. The van der Waals surface area contributed by atoms with Crippen LogP contribution in [0.4, 0.5) is 0 Å². The number of hydrogen-bond acceptors (Lipinski definition) is 2. The first-order chi connectivity index (χ1) is 10.2. The first-order valence-corrected chi connectivity index (χ1v) is 8.25. The second-order valence-electron chi connectivity index (χ2n) is 6.58. The third kappa shape index (κ3) is 3.47. The van der Waals surface area contributed by atoms with Gasteiger partial charge in [0.15, 0.2) is 0 Å². The Hall–Kier alpha value is -1.32. The van der Waals surface area contributed by atoms with Crippen molar-refractivity contribution in [3.05, 3.63) is 36.0 Å². The highest BCUT2D eigenvalue weighted by molar-refractivity contribution is 5.79. The third-order valence-corrected chi connectivity index (χ3v) is 4.68. The van der Waals surface area contributed by atoms with Crippen LogP contribution in [0.3, 0.4) is 0 Å². The molecule has 0 bridgehead atoms. The van der Waals surface area contributed by atoms with Crippen LogP contribution < -0.4 is 5.32 Å². The van der Waals surface area contributed by atoms with Gasteiger partial charge >= 0.3 is 0 Å². The Bertz CT molecular complexity index is 567. The van der Waals surface area contributed by atoms with Crippen LogP contribution in [-0.2, 0) is 6.54 Å². The molecule has 1 aromatic heterocycles. The number of likely N-dealkylation sites (tertiary alicyclic amines) is 1. The smallest absolute Gasteiger partial charge is 0.0454 e. The fourth-order valence-electron chi connectivity index (χ4n) is 3.44. The van der Waals surface area contributed by atoms with Crippen molar-refractivity contribution in [1.82, 2.24) is 15.2 Å². The molecular formula is C18H27N3. The molecule has 3 heteroatoms. The Morgan fingerprint density at radius 1 is 1.19 bits per heavy atom. The van der Waals surface area contributed by atoms with Crippen molar-refractivity contribution in [2.75, 3.05) is 19.6 Å². The van der Waals surface area contributed by atoms with Crippen molar-refractivity contribution in [3.63, 3.8) is 0 Å². The average molecular weight is 285 g/mol. The van der Waals surface area contributed by atoms with E-state index in [1.807, 2.05) is 6.20 Å². The zero-order valence-electron chi connectivity index (χ0n) is 13.2. The number of benzene rings is 1. The number of H-pyrrole nitrogens is 1. The summed E-state index contributed by atoms with van der Waals surface area (Å²) in [7, 11) is 0. The summed E-state index contributed by atoms with van der Waals surface area (Å²) in [5.74, 6) is 0.711. The number of fused-ring (bicyclic) bond motifs is 1. The van der Waals surface area contributed by atoms with E-state index in [4.69, 9.17) is 0 Å². The van der Waals surface area contributed by atoms with Crippen LogP contribution in [0.5, 0.6) is 0 Å². The van der Waals surface area contributed by atoms with Crippen LogP contribution in [-0.4, -0.2) is 35.6 Å². The van der Waals surface area contributed by atoms with Crippen molar-refractivity contribution >= 4 is 10.9 Å². The fourth-order valence-corrected chi connectivity index (χ4v) is 3.44. The second kappa shape index (κ2) is 6.63. The minimum atomic E-state index is 0.670. The SMILES string of the molecule is CC(C)C(CNCc1ccc2[nH]ccc2c1)N1CCCC1. The van der Waals surface area contributed by atoms with Gasteiger partial charge in [-0.15, -0.1) is 0 Å². The van der Waals surface area contributed by atoms with Gasteiger partial charge in [-0.05, 0) is 61.0 Å². The summed E-state index contributed by atoms with van der Waals surface area (Å²) >= 11 is 0. The van der Waals surface area contributed by atoms with Gasteiger partial charge in [0.2, 0.25) is 0 Å². The zero-order valence-corrected chi connectivity index (χ0v) is 13.2. The maximum Gasteiger partial charge on any atom is 0.0454 e. The summed E-state index contributed by atoms with van der Waals surface area (Å²) < 4.78 is 0. The summed E-state index contributed by atoms with van der Waals surface area (Å²) in [6.07, 6.45) is 4.74. The molecular weight excluding hydrogens is 258 g/mol. The summed E-state index contributed by atoms with van der Waals surface area (Å²) in [6.45, 7) is 9.29. The molecule has 0 saturated carbocycles. The first kappa shape index (κ1) is 14.6. The zero-order chi connectivity index (χ0) is 14.7. The minimum absolute atomic E-state index is 0.670. The molecule has 21 heavy (non-hydrogen) atoms. The van der Waals surface area contributed by atoms with Crippen LogP contribution in [0.25, 0.3) is 10.9 Å². The highest BCUT2D eigenvalue weighted by Crippen LogP contribution is 2.18. The van der Waals surface area contributed by atoms with Gasteiger partial charge in [-0.2, -0.15) is 0 Å². The molecule has 114 valence electrons. The van der Waals surface area contributed by atoms with Gasteiger partial charge in [0.1, 0.15) is 0 Å². The van der Waals surface area contributed by atoms with E-state index in [2.05, 4.69) is 53.3 Å². The lowest BCUT2D eigenvalue weighted by Crippen LogP contribution is -2.44. The highest BCUT2D eigenvalue weighted by Gasteiger charge is 2.23. The van der Waals surface area contributed by atoms with Gasteiger partial charge in [-0.3, -0.25) is 4.90 Å². The Labute approximate surface area is 127 Å². The number of rotatable bonds is 6. The molecule has 2 heterocycles. The van der Waals surface area contributed by atoms with Crippen LogP contribution in [0.1, 0.15) is 32.3 Å². The predicted molar refractivity (Wildman–Crippen MR) is 89.4 cm³/mol. The molecule has 1 aromatic carbocycles. The molecule has 1 saturated heterocycles. The standard InChI is InChI=1S/C18H27N3/c1-14(2)18(21-9-3-4-10-21)13-19-12-15-5-6-17-16(11-15)7-8-20-17/h5-8,11,14,18-20H,3-4,9-10,12-13H2,1-2H3. The van der Waals surface area contributed by atoms with Gasteiger partial charge in [-0.1, -0.05) is 19.9 Å². The molecule has 1 unspecified atom stereocenters. The van der Waals surface area contributed by atoms with Crippen molar-refractivity contribution in [3.8, 4) is 0 Å². The number of nitrogens with zero attached hydrogens (tertiary/aromatic N) is 1. The summed E-state index contributed by atoms with van der Waals surface area (Å²) in [5.41, 5.74) is 2.59. The van der Waals surface area contributed by atoms with Gasteiger partial charge in [0.25, 0.3) is 0 Å². The lowest BCUT2D eigenvalue weighted by Gasteiger charge is -2.31. The van der Waals surface area contributed by atoms with Crippen molar-refractivity contribution in [2.24, 2.45) is 5.92 Å². The van der Waals surface area contributed by atoms with Crippen LogP contribution in [0.2, 0.25) is 0 Å². The topological polar surface area (TPSA) is 31.1 Å². The van der Waals surface area contributed by atoms with Gasteiger partial charge in [0.05, 0.1) is 0 Å². The van der Waals surface area contributed by atoms with E-state index in [1.54, 1.807) is 0 Å². The number of nitrogens with one attached hydrogen (secondary N) is 2. The molecule has 3 rings (SSSR count). The molecule has 2 aromatic rings. The molecule has 0 amide bonds. The van der Waals surface area contributed by atoms with Crippen molar-refractivity contribution in [2.45, 2.75) is 39.3 Å². The third-order valence-electron chi connectivity index (χ3n) is 4.68. The fraction of sp³-hybridized carbons (Fsp3) is 0.556. The molecule has 1 fully saturated rings. The van der Waals surface area contributed by atoms with E-state index < -0.39 is 0 Å². The highest BCUT2D eigenvalue weighted by atomic mass is 15.2. The molecule has 1 atom stereocenters. The Morgan fingerprint density at radius 3 is 2.76 bits per heavy atom. The maximum atomic E-state index is 3.67. The number of aromatic nitrogens is 1. The lowest BCUT2D eigenvalue weighted by molar-refractivity contribution is 0.186. The van der Waals surface area contributed by atoms with E-state index in [9.17, 15) is 0 Å². The van der Waals surface area contributed by atoms with E-state index in [0.717, 1.165) is 13.1 Å². The molecule has 1 aliphatic heterocycles. The largest absolute Gasteiger partial charge is 0.361 e. The van der Waals surface area contributed by atoms with Crippen LogP contribution in [0.15, 0.2) is 30.5 Å². The van der Waals surface area contributed by atoms with Crippen molar-refractivity contribution < 1.29 is 0 Å². The monoisotopic (exact) mass is 285 g/mol. The van der Waals surface area contributed by atoms with E-state index >= 15 is 0 Å². The lowest BCUT2D eigenvalue weighted by atomic mass is 10.0. The Morgan fingerprint density at radius 2 is 2.00 bits per heavy atom. The predicted octanol–water partition coefficient (Wildman–Crippen LogP) is 3.38. The quantitative estimate of drug-likeness (QED) is 0.852. The molecule has 2 N–H and O–H groups in total. The average Bonchev–Trinajstić information content (AvgIpc) is 3.13. The minimum Gasteiger partial charge on any atom is -0.361 e. The van der Waals surface area contributed by atoms with Gasteiger partial charge < -0.3 is 10.3 Å².